The molecule has 5 radical (unpaired) electrons. The van der Waals surface area contributed by atoms with Crippen LogP contribution in [0.15, 0.2) is 133 Å². The Morgan fingerprint density at radius 1 is 0.983 bits per heavy atom. The van der Waals surface area contributed by atoms with E-state index < -0.39 is 47.3 Å². The third-order valence-electron chi connectivity index (χ3n) is 6.24. The van der Waals surface area contributed by atoms with Gasteiger partial charge in [-0.05, 0) is 83.2 Å². The summed E-state index contributed by atoms with van der Waals surface area (Å²) in [6.45, 7) is 20.2. The maximum atomic E-state index is 14.3. The number of hydrogen-bond acceptors (Lipinski definition) is 7. The molecule has 0 bridgehead atoms. The Hall–Kier alpha value is -5.51. The second-order valence-electron chi connectivity index (χ2n) is 11.1. The van der Waals surface area contributed by atoms with Gasteiger partial charge >= 0.3 is 12.2 Å². The number of hydrogen-bond donors (Lipinski definition) is 5. The minimum absolute atomic E-state index is 0. The summed E-state index contributed by atoms with van der Waals surface area (Å²) in [5.41, 5.74) is 1.55. The van der Waals surface area contributed by atoms with E-state index in [2.05, 4.69) is 73.0 Å². The van der Waals surface area contributed by atoms with Gasteiger partial charge in [0.05, 0.1) is 22.1 Å². The summed E-state index contributed by atoms with van der Waals surface area (Å²) in [6.07, 6.45) is 1.05. The third kappa shape index (κ3) is 21.7. The number of anilines is 2. The van der Waals surface area contributed by atoms with Crippen molar-refractivity contribution >= 4 is 56.1 Å². The Bertz CT molecular complexity index is 2110. The fourth-order valence-corrected chi connectivity index (χ4v) is 4.11. The van der Waals surface area contributed by atoms with E-state index in [1.54, 1.807) is 37.5 Å². The molecule has 0 saturated carbocycles. The average molecular weight is 864 g/mol. The number of aromatic nitrogens is 1. The van der Waals surface area contributed by atoms with Crippen LogP contribution in [0.2, 0.25) is 5.02 Å². The molecule has 58 heavy (non-hydrogen) atoms. The van der Waals surface area contributed by atoms with Gasteiger partial charge in [0, 0.05) is 92.4 Å². The van der Waals surface area contributed by atoms with Crippen LogP contribution in [0.1, 0.15) is 43.1 Å². The molecule has 10 nitrogen and oxygen atoms in total. The zero-order chi connectivity index (χ0) is 46.4. The zero-order valence-electron chi connectivity index (χ0n) is 35.2. The number of alkyl halides is 3. The van der Waals surface area contributed by atoms with Crippen molar-refractivity contribution in [3.05, 3.63) is 150 Å². The van der Waals surface area contributed by atoms with Crippen molar-refractivity contribution in [2.24, 2.45) is 4.99 Å². The number of amides is 3. The number of ether oxygens (including phenoxy) is 1. The Labute approximate surface area is 359 Å². The van der Waals surface area contributed by atoms with Crippen molar-refractivity contribution < 1.29 is 58.9 Å². The number of carbonyl (C=O) groups is 2. The normalized spacial score (nSPS) is 11.9. The van der Waals surface area contributed by atoms with Gasteiger partial charge in [-0.15, -0.1) is 0 Å². The molecular weight excluding hydrogens is 817 g/mol. The van der Waals surface area contributed by atoms with Gasteiger partial charge in [-0.1, -0.05) is 43.5 Å². The van der Waals surface area contributed by atoms with Crippen molar-refractivity contribution in [1.82, 2.24) is 20.9 Å². The second kappa shape index (κ2) is 28.0. The Kier molecular flexibility index (Phi) is 23.5. The standard InChI is InChI=1S/C20H14ClF4N3O2.C13H19FN2.C6H10N2O.B2.V/c1-11-8-14(6-7-26-11)30-13-3-5-18(17(22)10-13)28-19(29)27-12-2-4-16(21)15(9-12)20(23,24)25;1-7-13(14)11(5)16-12(6)15-10(4)8-9(2)3;1-4-8-5(2)6(9)7-3;1-2;/h2-10H,1H3,(H2,27,28,29);7-8,15-16H,1-2,6H2,3-5H3;4H,1H2,2-3H3,(H,7,9);;/b;10-8+,13-11-;;;/i;;3D3;;. The summed E-state index contributed by atoms with van der Waals surface area (Å²) < 4.78 is 91.7. The van der Waals surface area contributed by atoms with Crippen LogP contribution in [0.25, 0.3) is 0 Å². The van der Waals surface area contributed by atoms with Crippen LogP contribution >= 0.6 is 11.6 Å². The summed E-state index contributed by atoms with van der Waals surface area (Å²) >= 11 is 5.54. The molecule has 0 aliphatic rings. The van der Waals surface area contributed by atoms with E-state index in [0.29, 0.717) is 23.3 Å². The Balaban J connectivity index is 0. The molecule has 0 spiro atoms. The molecular formula is C39H43B2ClF5N7O3V. The predicted molar refractivity (Wildman–Crippen MR) is 221 cm³/mol. The molecule has 0 unspecified atom stereocenters. The molecule has 305 valence electrons. The van der Waals surface area contributed by atoms with E-state index in [-0.39, 0.29) is 41.4 Å². The minimum Gasteiger partial charge on any atom is -0.457 e. The molecule has 1 heterocycles. The van der Waals surface area contributed by atoms with Gasteiger partial charge in [0.2, 0.25) is 0 Å². The van der Waals surface area contributed by atoms with E-state index >= 15 is 0 Å². The SMILES string of the molecule is C=C/C(F)=C(\C)NC(=C)N/C(C)=C/C(=C)C.Cc1cc(Oc2ccc(NC(=O)Nc3ccc(Cl)c(C(F)(F)F)c3)c(F)c2)ccn1.[2H]C([2H])([2H])NC(=O)C(C)=NC=C.[B][B].[V]. The molecule has 1 aromatic heterocycles. The average Bonchev–Trinajstić information content (AvgIpc) is 3.13. The maximum Gasteiger partial charge on any atom is 0.417 e. The fourth-order valence-electron chi connectivity index (χ4n) is 3.88. The number of allylic oxidation sites excluding steroid dienone is 6. The van der Waals surface area contributed by atoms with Crippen LogP contribution < -0.4 is 31.3 Å². The number of benzene rings is 2. The summed E-state index contributed by atoms with van der Waals surface area (Å²) in [5.74, 6) is -0.746. The molecule has 3 amide bonds. The number of aliphatic imine (C=N–C) groups is 1. The van der Waals surface area contributed by atoms with Gasteiger partial charge < -0.3 is 31.3 Å². The Morgan fingerprint density at radius 3 is 2.16 bits per heavy atom. The first-order chi connectivity index (χ1) is 27.8. The Morgan fingerprint density at radius 2 is 1.62 bits per heavy atom. The number of nitrogens with one attached hydrogen (secondary N) is 5. The molecule has 3 rings (SSSR count). The molecule has 3 aromatic rings. The maximum absolute atomic E-state index is 14.3. The molecule has 19 heteroatoms. The van der Waals surface area contributed by atoms with Crippen molar-refractivity contribution in [3.8, 4) is 11.5 Å². The number of aryl methyl sites for hydroxylation is 1. The minimum atomic E-state index is -4.68. The molecule has 0 saturated heterocycles. The van der Waals surface area contributed by atoms with Crippen LogP contribution in [-0.2, 0) is 29.5 Å². The van der Waals surface area contributed by atoms with E-state index in [9.17, 15) is 31.5 Å². The van der Waals surface area contributed by atoms with Crippen LogP contribution in [0.4, 0.5) is 38.1 Å². The largest absolute Gasteiger partial charge is 0.457 e. The smallest absolute Gasteiger partial charge is 0.417 e. The van der Waals surface area contributed by atoms with E-state index in [1.165, 1.54) is 31.3 Å². The summed E-state index contributed by atoms with van der Waals surface area (Å²) in [5, 5.41) is 11.5. The second-order valence-corrected chi connectivity index (χ2v) is 11.5. The number of urea groups is 1. The van der Waals surface area contributed by atoms with Crippen molar-refractivity contribution in [2.75, 3.05) is 17.6 Å². The van der Waals surface area contributed by atoms with Crippen LogP contribution in [0, 0.1) is 12.7 Å². The summed E-state index contributed by atoms with van der Waals surface area (Å²) in [4.78, 5) is 30.5. The van der Waals surface area contributed by atoms with Gasteiger partial charge in [-0.25, -0.2) is 13.6 Å². The van der Waals surface area contributed by atoms with Crippen LogP contribution in [-0.4, -0.2) is 45.1 Å². The van der Waals surface area contributed by atoms with E-state index in [0.717, 1.165) is 35.2 Å². The molecule has 0 fully saturated rings. The summed E-state index contributed by atoms with van der Waals surface area (Å²) in [7, 11) is 8.00. The predicted octanol–water partition coefficient (Wildman–Crippen LogP) is 9.71. The first kappa shape index (κ1) is 48.6. The van der Waals surface area contributed by atoms with Crippen molar-refractivity contribution in [3.63, 3.8) is 0 Å². The number of rotatable bonds is 12. The summed E-state index contributed by atoms with van der Waals surface area (Å²) in [6, 6.07) is 8.99. The third-order valence-corrected chi connectivity index (χ3v) is 6.57. The van der Waals surface area contributed by atoms with E-state index in [1.807, 2.05) is 19.9 Å². The number of halogens is 6. The van der Waals surface area contributed by atoms with Crippen molar-refractivity contribution in [2.45, 2.75) is 40.8 Å². The quantitative estimate of drug-likeness (QED) is 0.0534. The molecule has 0 atom stereocenters. The fraction of sp³-hybridized carbons (Fsp3) is 0.179. The van der Waals surface area contributed by atoms with Gasteiger partial charge in [0.1, 0.15) is 28.9 Å². The van der Waals surface area contributed by atoms with E-state index in [4.69, 9.17) is 20.5 Å². The van der Waals surface area contributed by atoms with Gasteiger partial charge in [-0.3, -0.25) is 14.8 Å². The number of carbonyl (C=O) groups excluding carboxylic acids is 2. The van der Waals surface area contributed by atoms with Gasteiger partial charge in [0.15, 0.2) is 0 Å². The topological polar surface area (TPSA) is 129 Å². The zero-order valence-corrected chi connectivity index (χ0v) is 34.4. The van der Waals surface area contributed by atoms with Crippen LogP contribution in [0.5, 0.6) is 11.5 Å². The molecule has 0 aliphatic heterocycles. The van der Waals surface area contributed by atoms with Crippen molar-refractivity contribution in [1.29, 1.82) is 0 Å². The number of nitrogens with zero attached hydrogens (tertiary/aromatic N) is 2. The molecule has 2 aromatic carbocycles. The van der Waals surface area contributed by atoms with Crippen LogP contribution in [0.3, 0.4) is 0 Å². The first-order valence-electron chi connectivity index (χ1n) is 17.6. The molecule has 5 N–H and O–H groups in total. The van der Waals surface area contributed by atoms with Gasteiger partial charge in [-0.2, -0.15) is 13.2 Å². The molecule has 0 aliphatic carbocycles. The van der Waals surface area contributed by atoms with Gasteiger partial charge in [0.25, 0.3) is 5.91 Å². The first-order valence-corrected chi connectivity index (χ1v) is 16.4. The monoisotopic (exact) mass is 863 g/mol. The number of pyridine rings is 1.